The van der Waals surface area contributed by atoms with E-state index >= 15 is 0 Å². The lowest BCUT2D eigenvalue weighted by Gasteiger charge is -2.08. The van der Waals surface area contributed by atoms with Crippen LogP contribution in [0.1, 0.15) is 16.1 Å². The van der Waals surface area contributed by atoms with Crippen molar-refractivity contribution in [2.45, 2.75) is 6.54 Å². The van der Waals surface area contributed by atoms with Gasteiger partial charge in [-0.25, -0.2) is 9.48 Å². The summed E-state index contributed by atoms with van der Waals surface area (Å²) in [4.78, 5) is 36.5. The Kier molecular flexibility index (Phi) is 5.57. The van der Waals surface area contributed by atoms with E-state index in [0.29, 0.717) is 16.7 Å². The first-order valence-electron chi connectivity index (χ1n) is 8.90. The number of hydrogen-bond donors (Lipinski definition) is 1. The van der Waals surface area contributed by atoms with Crippen LogP contribution in [-0.2, 0) is 16.1 Å². The number of carbonyl (C=O) groups excluding carboxylic acids is 2. The lowest BCUT2D eigenvalue weighted by atomic mass is 10.2. The Morgan fingerprint density at radius 2 is 1.83 bits per heavy atom. The molecule has 0 unspecified atom stereocenters. The lowest BCUT2D eigenvalue weighted by Crippen LogP contribution is -2.26. The van der Waals surface area contributed by atoms with E-state index in [1.165, 1.54) is 16.8 Å². The second kappa shape index (κ2) is 8.62. The van der Waals surface area contributed by atoms with Gasteiger partial charge in [0.25, 0.3) is 11.5 Å². The van der Waals surface area contributed by atoms with Gasteiger partial charge in [-0.1, -0.05) is 36.4 Å². The van der Waals surface area contributed by atoms with E-state index in [9.17, 15) is 14.4 Å². The number of rotatable bonds is 6. The number of carbonyl (C=O) groups is 2. The second-order valence-electron chi connectivity index (χ2n) is 6.26. The van der Waals surface area contributed by atoms with Crippen LogP contribution < -0.4 is 10.9 Å². The first kappa shape index (κ1) is 19.4. The average molecular weight is 421 g/mol. The lowest BCUT2D eigenvalue weighted by molar-refractivity contribution is -0.119. The predicted octanol–water partition coefficient (Wildman–Crippen LogP) is 2.09. The summed E-state index contributed by atoms with van der Waals surface area (Å²) in [6, 6.07) is 17.0. The van der Waals surface area contributed by atoms with Crippen LogP contribution in [0.25, 0.3) is 11.0 Å². The van der Waals surface area contributed by atoms with Crippen molar-refractivity contribution in [2.24, 2.45) is 0 Å². The zero-order valence-electron chi connectivity index (χ0n) is 15.5. The summed E-state index contributed by atoms with van der Waals surface area (Å²) in [6.45, 7) is -0.292. The molecule has 1 amide bonds. The molecule has 0 saturated heterocycles. The molecule has 150 valence electrons. The third-order valence-electron chi connectivity index (χ3n) is 4.15. The summed E-state index contributed by atoms with van der Waals surface area (Å²) in [5, 5.41) is 6.69. The van der Waals surface area contributed by atoms with Crippen molar-refractivity contribution < 1.29 is 14.3 Å². The van der Waals surface area contributed by atoms with Crippen molar-refractivity contribution in [1.29, 1.82) is 0 Å². The fourth-order valence-electron chi connectivity index (χ4n) is 2.73. The standard InChI is InChI=1S/C20H15N5O4S/c26-17(21-14-7-4-8-15-19(14)24-30-23-15)12-29-20(28)16-9-10-18(27)25(22-16)11-13-5-2-1-3-6-13/h1-10H,11-12H2,(H,21,26). The summed E-state index contributed by atoms with van der Waals surface area (Å²) in [5.74, 6) is -1.33. The van der Waals surface area contributed by atoms with Crippen molar-refractivity contribution in [1.82, 2.24) is 18.5 Å². The molecule has 10 heteroatoms. The molecule has 9 nitrogen and oxygen atoms in total. The summed E-state index contributed by atoms with van der Waals surface area (Å²) in [6.07, 6.45) is 0. The van der Waals surface area contributed by atoms with Crippen LogP contribution in [-0.4, -0.2) is 37.0 Å². The number of nitrogens with zero attached hydrogens (tertiary/aromatic N) is 4. The van der Waals surface area contributed by atoms with Crippen molar-refractivity contribution in [2.75, 3.05) is 11.9 Å². The van der Waals surface area contributed by atoms with Gasteiger partial charge in [-0.05, 0) is 23.8 Å². The van der Waals surface area contributed by atoms with Gasteiger partial charge in [-0.15, -0.1) is 0 Å². The van der Waals surface area contributed by atoms with Gasteiger partial charge >= 0.3 is 5.97 Å². The number of ether oxygens (including phenoxy) is 1. The molecule has 30 heavy (non-hydrogen) atoms. The number of amides is 1. The minimum absolute atomic E-state index is 0.0656. The molecule has 0 aliphatic rings. The van der Waals surface area contributed by atoms with E-state index in [0.717, 1.165) is 17.3 Å². The molecule has 2 heterocycles. The number of nitrogens with one attached hydrogen (secondary N) is 1. The normalized spacial score (nSPS) is 10.7. The maximum absolute atomic E-state index is 12.3. The van der Waals surface area contributed by atoms with Crippen molar-refractivity contribution in [3.63, 3.8) is 0 Å². The highest BCUT2D eigenvalue weighted by Gasteiger charge is 2.15. The van der Waals surface area contributed by atoms with Crippen molar-refractivity contribution >= 4 is 40.3 Å². The smallest absolute Gasteiger partial charge is 0.359 e. The van der Waals surface area contributed by atoms with Crippen LogP contribution in [0, 0.1) is 0 Å². The van der Waals surface area contributed by atoms with E-state index in [-0.39, 0.29) is 17.8 Å². The Hall–Kier alpha value is -3.92. The molecule has 0 radical (unpaired) electrons. The molecule has 2 aromatic carbocycles. The summed E-state index contributed by atoms with van der Waals surface area (Å²) < 4.78 is 14.4. The predicted molar refractivity (Wildman–Crippen MR) is 110 cm³/mol. The summed E-state index contributed by atoms with van der Waals surface area (Å²) in [5.41, 5.74) is 2.17. The number of hydrogen-bond acceptors (Lipinski definition) is 8. The van der Waals surface area contributed by atoms with Gasteiger partial charge in [-0.2, -0.15) is 13.8 Å². The van der Waals surface area contributed by atoms with E-state index < -0.39 is 18.5 Å². The van der Waals surface area contributed by atoms with Crippen LogP contribution in [0.2, 0.25) is 0 Å². The highest BCUT2D eigenvalue weighted by atomic mass is 32.1. The number of esters is 1. The molecular formula is C20H15N5O4S. The summed E-state index contributed by atoms with van der Waals surface area (Å²) in [7, 11) is 0. The van der Waals surface area contributed by atoms with E-state index in [1.807, 2.05) is 30.3 Å². The fourth-order valence-corrected chi connectivity index (χ4v) is 3.28. The van der Waals surface area contributed by atoms with Crippen molar-refractivity contribution in [3.8, 4) is 0 Å². The first-order valence-corrected chi connectivity index (χ1v) is 9.63. The molecule has 4 rings (SSSR count). The minimum Gasteiger partial charge on any atom is -0.451 e. The summed E-state index contributed by atoms with van der Waals surface area (Å²) >= 11 is 1.04. The van der Waals surface area contributed by atoms with Gasteiger partial charge in [-0.3, -0.25) is 9.59 Å². The van der Waals surface area contributed by atoms with E-state index in [1.54, 1.807) is 18.2 Å². The zero-order chi connectivity index (χ0) is 20.9. The van der Waals surface area contributed by atoms with Gasteiger partial charge in [0.2, 0.25) is 0 Å². The molecule has 0 aliphatic heterocycles. The Bertz CT molecular complexity index is 1270. The average Bonchev–Trinajstić information content (AvgIpc) is 3.24. The maximum atomic E-state index is 12.3. The third kappa shape index (κ3) is 4.39. The highest BCUT2D eigenvalue weighted by Crippen LogP contribution is 2.20. The van der Waals surface area contributed by atoms with Gasteiger partial charge < -0.3 is 10.1 Å². The first-order chi connectivity index (χ1) is 14.6. The Morgan fingerprint density at radius 3 is 2.67 bits per heavy atom. The molecule has 1 N–H and O–H groups in total. The monoisotopic (exact) mass is 421 g/mol. The fraction of sp³-hybridized carbons (Fsp3) is 0.100. The van der Waals surface area contributed by atoms with Crippen LogP contribution >= 0.6 is 11.7 Å². The Balaban J connectivity index is 1.40. The molecule has 0 saturated carbocycles. The van der Waals surface area contributed by atoms with Gasteiger partial charge in [0.05, 0.1) is 24.0 Å². The molecule has 0 aliphatic carbocycles. The van der Waals surface area contributed by atoms with Crippen LogP contribution in [0.5, 0.6) is 0 Å². The van der Waals surface area contributed by atoms with E-state index in [2.05, 4.69) is 19.2 Å². The number of fused-ring (bicyclic) bond motifs is 1. The molecule has 0 atom stereocenters. The molecule has 0 fully saturated rings. The molecule has 2 aromatic heterocycles. The quantitative estimate of drug-likeness (QED) is 0.474. The zero-order valence-corrected chi connectivity index (χ0v) is 16.3. The molecule has 0 spiro atoms. The van der Waals surface area contributed by atoms with Gasteiger partial charge in [0.1, 0.15) is 11.0 Å². The van der Waals surface area contributed by atoms with Crippen LogP contribution in [0.3, 0.4) is 0 Å². The Labute approximate surface area is 174 Å². The van der Waals surface area contributed by atoms with Gasteiger partial charge in [0, 0.05) is 6.07 Å². The molecule has 0 bridgehead atoms. The number of aromatic nitrogens is 4. The van der Waals surface area contributed by atoms with E-state index in [4.69, 9.17) is 4.74 Å². The second-order valence-corrected chi connectivity index (χ2v) is 6.79. The number of benzene rings is 2. The highest BCUT2D eigenvalue weighted by molar-refractivity contribution is 7.00. The molecular weight excluding hydrogens is 406 g/mol. The maximum Gasteiger partial charge on any atom is 0.359 e. The van der Waals surface area contributed by atoms with Crippen molar-refractivity contribution in [3.05, 3.63) is 82.3 Å². The van der Waals surface area contributed by atoms with Gasteiger partial charge in [0.15, 0.2) is 12.3 Å². The topological polar surface area (TPSA) is 116 Å². The minimum atomic E-state index is -0.805. The van der Waals surface area contributed by atoms with Crippen LogP contribution in [0.4, 0.5) is 5.69 Å². The molecule has 4 aromatic rings. The largest absolute Gasteiger partial charge is 0.451 e. The third-order valence-corrected chi connectivity index (χ3v) is 4.69. The Morgan fingerprint density at radius 1 is 1.00 bits per heavy atom. The number of anilines is 1. The van der Waals surface area contributed by atoms with Crippen LogP contribution in [0.15, 0.2) is 65.5 Å². The SMILES string of the molecule is O=C(COC(=O)c1ccc(=O)n(Cc2ccccc2)n1)Nc1cccc2nsnc12.